The zero-order valence-corrected chi connectivity index (χ0v) is 16.7. The third-order valence-corrected chi connectivity index (χ3v) is 4.29. The van der Waals surface area contributed by atoms with Crippen LogP contribution in [0.4, 0.5) is 5.69 Å². The molecule has 0 bridgehead atoms. The number of anilines is 1. The van der Waals surface area contributed by atoms with Gasteiger partial charge in [0.2, 0.25) is 0 Å². The number of carbonyl (C=O) groups excluding carboxylic acids is 2. The van der Waals surface area contributed by atoms with Gasteiger partial charge in [0.05, 0.1) is 5.69 Å². The van der Waals surface area contributed by atoms with Crippen LogP contribution >= 0.6 is 11.6 Å². The number of benzene rings is 1. The Labute approximate surface area is 164 Å². The molecular formula is C20H24ClN3O3. The lowest BCUT2D eigenvalue weighted by molar-refractivity contribution is -0.142. The van der Waals surface area contributed by atoms with Crippen LogP contribution in [0.1, 0.15) is 25.1 Å². The Bertz CT molecular complexity index is 828. The van der Waals surface area contributed by atoms with Gasteiger partial charge in [0.25, 0.3) is 5.91 Å². The number of carbonyl (C=O) groups is 2. The van der Waals surface area contributed by atoms with Crippen LogP contribution in [0, 0.1) is 12.8 Å². The maximum Gasteiger partial charge on any atom is 0.331 e. The van der Waals surface area contributed by atoms with Gasteiger partial charge in [-0.2, -0.15) is 5.10 Å². The van der Waals surface area contributed by atoms with E-state index in [4.69, 9.17) is 16.3 Å². The summed E-state index contributed by atoms with van der Waals surface area (Å²) in [5.74, 6) is -0.532. The van der Waals surface area contributed by atoms with Gasteiger partial charge in [-0.15, -0.1) is 0 Å². The second-order valence-electron chi connectivity index (χ2n) is 6.60. The van der Waals surface area contributed by atoms with E-state index >= 15 is 0 Å². The van der Waals surface area contributed by atoms with Gasteiger partial charge < -0.3 is 9.64 Å². The van der Waals surface area contributed by atoms with Gasteiger partial charge in [0.15, 0.2) is 6.61 Å². The number of halogens is 1. The Morgan fingerprint density at radius 2 is 1.96 bits per heavy atom. The van der Waals surface area contributed by atoms with Crippen LogP contribution in [0.15, 0.2) is 36.4 Å². The summed E-state index contributed by atoms with van der Waals surface area (Å²) in [6.45, 7) is 6.33. The molecule has 1 heterocycles. The lowest BCUT2D eigenvalue weighted by atomic mass is 10.2. The lowest BCUT2D eigenvalue weighted by Crippen LogP contribution is -2.30. The summed E-state index contributed by atoms with van der Waals surface area (Å²) in [5, 5.41) is 4.86. The zero-order chi connectivity index (χ0) is 20.0. The van der Waals surface area contributed by atoms with E-state index in [0.717, 1.165) is 11.4 Å². The third kappa shape index (κ3) is 5.69. The predicted octanol–water partition coefficient (Wildman–Crippen LogP) is 3.72. The highest BCUT2D eigenvalue weighted by atomic mass is 35.5. The Balaban J connectivity index is 1.94. The lowest BCUT2D eigenvalue weighted by Gasteiger charge is -2.16. The van der Waals surface area contributed by atoms with Gasteiger partial charge in [-0.25, -0.2) is 4.79 Å². The first-order valence-corrected chi connectivity index (χ1v) is 9.06. The molecule has 0 radical (unpaired) electrons. The number of nitrogens with zero attached hydrogens (tertiary/aromatic N) is 3. The van der Waals surface area contributed by atoms with Crippen molar-refractivity contribution in [3.8, 4) is 0 Å². The van der Waals surface area contributed by atoms with Crippen LogP contribution in [0.5, 0.6) is 0 Å². The second kappa shape index (κ2) is 9.37. The monoisotopic (exact) mass is 389 g/mol. The van der Waals surface area contributed by atoms with Crippen LogP contribution in [-0.2, 0) is 20.9 Å². The van der Waals surface area contributed by atoms with Crippen LogP contribution in [-0.4, -0.2) is 35.3 Å². The Morgan fingerprint density at radius 1 is 1.30 bits per heavy atom. The molecule has 0 unspecified atom stereocenters. The summed E-state index contributed by atoms with van der Waals surface area (Å²) in [7, 11) is 1.63. The van der Waals surface area contributed by atoms with Crippen molar-refractivity contribution in [2.45, 2.75) is 27.3 Å². The fourth-order valence-corrected chi connectivity index (χ4v) is 2.75. The van der Waals surface area contributed by atoms with E-state index in [0.29, 0.717) is 23.2 Å². The summed E-state index contributed by atoms with van der Waals surface area (Å²) in [4.78, 5) is 25.5. The average molecular weight is 390 g/mol. The highest BCUT2D eigenvalue weighted by Crippen LogP contribution is 2.22. The maximum absolute atomic E-state index is 12.1. The van der Waals surface area contributed by atoms with E-state index in [-0.39, 0.29) is 12.5 Å². The highest BCUT2D eigenvalue weighted by Gasteiger charge is 2.14. The number of para-hydroxylation sites is 1. The molecule has 1 aromatic carbocycles. The molecule has 0 aliphatic rings. The van der Waals surface area contributed by atoms with E-state index in [1.165, 1.54) is 11.0 Å². The normalized spacial score (nSPS) is 11.2. The van der Waals surface area contributed by atoms with Crippen molar-refractivity contribution in [1.82, 2.24) is 9.78 Å². The largest absolute Gasteiger partial charge is 0.452 e. The molecule has 0 fully saturated rings. The molecule has 0 atom stereocenters. The Hall–Kier alpha value is -2.60. The minimum absolute atomic E-state index is 0.318. The summed E-state index contributed by atoms with van der Waals surface area (Å²) >= 11 is 6.33. The van der Waals surface area contributed by atoms with Gasteiger partial charge in [-0.1, -0.05) is 43.6 Å². The first kappa shape index (κ1) is 20.7. The number of aromatic nitrogens is 2. The van der Waals surface area contributed by atoms with Gasteiger partial charge in [0.1, 0.15) is 5.15 Å². The van der Waals surface area contributed by atoms with Crippen LogP contribution < -0.4 is 4.90 Å². The molecule has 6 nitrogen and oxygen atoms in total. The number of aryl methyl sites for hydroxylation is 1. The molecule has 27 heavy (non-hydrogen) atoms. The Kier molecular flexibility index (Phi) is 7.19. The second-order valence-corrected chi connectivity index (χ2v) is 6.95. The molecular weight excluding hydrogens is 366 g/mol. The first-order valence-electron chi connectivity index (χ1n) is 8.69. The SMILES string of the molecule is Cc1nn(CC(C)C)c(Cl)c1/C=C/C(=O)OCC(=O)N(C)c1ccccc1. The number of esters is 1. The van der Waals surface area contributed by atoms with E-state index in [9.17, 15) is 9.59 Å². The molecule has 0 saturated carbocycles. The van der Waals surface area contributed by atoms with Gasteiger partial charge >= 0.3 is 5.97 Å². The summed E-state index contributed by atoms with van der Waals surface area (Å²) in [6.07, 6.45) is 2.82. The molecule has 0 spiro atoms. The molecule has 144 valence electrons. The number of hydrogen-bond acceptors (Lipinski definition) is 4. The zero-order valence-electron chi connectivity index (χ0n) is 16.0. The summed E-state index contributed by atoms with van der Waals surface area (Å²) in [6, 6.07) is 9.14. The maximum atomic E-state index is 12.1. The summed E-state index contributed by atoms with van der Waals surface area (Å²) in [5.41, 5.74) is 2.13. The first-order chi connectivity index (χ1) is 12.8. The van der Waals surface area contributed by atoms with Crippen LogP contribution in [0.2, 0.25) is 5.15 Å². The van der Waals surface area contributed by atoms with E-state index in [1.807, 2.05) is 25.1 Å². The fraction of sp³-hybridized carbons (Fsp3) is 0.350. The topological polar surface area (TPSA) is 64.4 Å². The van der Waals surface area contributed by atoms with E-state index in [2.05, 4.69) is 18.9 Å². The Morgan fingerprint density at radius 3 is 2.59 bits per heavy atom. The molecule has 1 aromatic heterocycles. The van der Waals surface area contributed by atoms with Crippen molar-refractivity contribution in [3.63, 3.8) is 0 Å². The molecule has 1 amide bonds. The average Bonchev–Trinajstić information content (AvgIpc) is 2.90. The molecule has 2 aromatic rings. The van der Waals surface area contributed by atoms with Gasteiger partial charge in [0, 0.05) is 30.9 Å². The van der Waals surface area contributed by atoms with Crippen molar-refractivity contribution in [3.05, 3.63) is 52.8 Å². The number of amides is 1. The minimum atomic E-state index is -0.614. The summed E-state index contributed by atoms with van der Waals surface area (Å²) < 4.78 is 6.75. The molecule has 2 rings (SSSR count). The van der Waals surface area contributed by atoms with Crippen molar-refractivity contribution in [1.29, 1.82) is 0 Å². The third-order valence-electron chi connectivity index (χ3n) is 3.89. The molecule has 0 aliphatic heterocycles. The number of likely N-dealkylation sites (N-methyl/N-ethyl adjacent to an activating group) is 1. The number of rotatable bonds is 7. The standard InChI is InChI=1S/C20H24ClN3O3/c1-14(2)12-24-20(21)17(15(3)22-24)10-11-19(26)27-13-18(25)23(4)16-8-6-5-7-9-16/h5-11,14H,12-13H2,1-4H3/b11-10+. The molecule has 0 N–H and O–H groups in total. The van der Waals surface area contributed by atoms with Crippen LogP contribution in [0.3, 0.4) is 0 Å². The molecule has 0 saturated heterocycles. The fourth-order valence-electron chi connectivity index (χ4n) is 2.45. The van der Waals surface area contributed by atoms with Gasteiger partial charge in [-0.05, 0) is 31.1 Å². The van der Waals surface area contributed by atoms with Crippen LogP contribution in [0.25, 0.3) is 6.08 Å². The molecule has 7 heteroatoms. The number of ether oxygens (including phenoxy) is 1. The smallest absolute Gasteiger partial charge is 0.331 e. The van der Waals surface area contributed by atoms with E-state index in [1.54, 1.807) is 29.9 Å². The molecule has 0 aliphatic carbocycles. The van der Waals surface area contributed by atoms with Crippen molar-refractivity contribution in [2.24, 2.45) is 5.92 Å². The quantitative estimate of drug-likeness (QED) is 0.534. The highest BCUT2D eigenvalue weighted by molar-refractivity contribution is 6.31. The predicted molar refractivity (Wildman–Crippen MR) is 107 cm³/mol. The minimum Gasteiger partial charge on any atom is -0.452 e. The van der Waals surface area contributed by atoms with Gasteiger partial charge in [-0.3, -0.25) is 9.48 Å². The van der Waals surface area contributed by atoms with E-state index < -0.39 is 5.97 Å². The number of hydrogen-bond donors (Lipinski definition) is 0. The van der Waals surface area contributed by atoms with Crippen molar-refractivity contribution >= 4 is 35.2 Å². The van der Waals surface area contributed by atoms with Crippen molar-refractivity contribution in [2.75, 3.05) is 18.6 Å². The van der Waals surface area contributed by atoms with Crippen molar-refractivity contribution < 1.29 is 14.3 Å².